The molecule has 3 N–H and O–H groups in total. The first-order chi connectivity index (χ1) is 11.5. The van der Waals surface area contributed by atoms with Crippen LogP contribution in [0.3, 0.4) is 0 Å². The lowest BCUT2D eigenvalue weighted by Crippen LogP contribution is -2.17. The summed E-state index contributed by atoms with van der Waals surface area (Å²) in [6, 6.07) is 7.22. The fourth-order valence-corrected chi connectivity index (χ4v) is 2.94. The zero-order valence-corrected chi connectivity index (χ0v) is 14.2. The third-order valence-electron chi connectivity index (χ3n) is 3.30. The molecule has 0 aliphatic rings. The van der Waals surface area contributed by atoms with Crippen LogP contribution in [0.5, 0.6) is 11.5 Å². The predicted octanol–water partition coefficient (Wildman–Crippen LogP) is 2.29. The molecule has 0 spiro atoms. The van der Waals surface area contributed by atoms with Crippen molar-refractivity contribution in [2.24, 2.45) is 5.10 Å². The summed E-state index contributed by atoms with van der Waals surface area (Å²) in [5.41, 5.74) is 9.70. The molecule has 0 atom stereocenters. The third kappa shape index (κ3) is 3.47. The maximum atomic E-state index is 12.2. The fraction of sp³-hybridized carbons (Fsp3) is 0.188. The molecule has 0 radical (unpaired) electrons. The molecule has 0 saturated carbocycles. The quantitative estimate of drug-likeness (QED) is 0.639. The van der Waals surface area contributed by atoms with Gasteiger partial charge in [0.1, 0.15) is 27.4 Å². The van der Waals surface area contributed by atoms with E-state index in [1.54, 1.807) is 32.2 Å². The number of nitrogens with two attached hydrogens (primary N) is 1. The molecule has 0 fully saturated rings. The summed E-state index contributed by atoms with van der Waals surface area (Å²) in [5, 5.41) is 13.3. The first kappa shape index (κ1) is 17.3. The van der Waals surface area contributed by atoms with E-state index in [4.69, 9.17) is 20.5 Å². The minimum atomic E-state index is -0.422. The number of carbonyl (C=O) groups is 1. The van der Waals surface area contributed by atoms with E-state index >= 15 is 0 Å². The Hall–Kier alpha value is -3.05. The van der Waals surface area contributed by atoms with E-state index in [1.807, 2.05) is 6.07 Å². The van der Waals surface area contributed by atoms with E-state index < -0.39 is 5.91 Å². The van der Waals surface area contributed by atoms with E-state index in [0.29, 0.717) is 38.1 Å². The zero-order chi connectivity index (χ0) is 17.7. The van der Waals surface area contributed by atoms with Crippen LogP contribution in [0, 0.1) is 18.3 Å². The molecule has 1 aromatic carbocycles. The van der Waals surface area contributed by atoms with Gasteiger partial charge in [-0.15, -0.1) is 11.3 Å². The number of thiophene rings is 1. The number of methoxy groups -OCH3 is 2. The molecular formula is C16H16N4O3S. The molecule has 8 heteroatoms. The Bertz CT molecular complexity index is 837. The van der Waals surface area contributed by atoms with E-state index in [-0.39, 0.29) is 0 Å². The Morgan fingerprint density at radius 2 is 2.17 bits per heavy atom. The molecule has 1 aromatic heterocycles. The Morgan fingerprint density at radius 3 is 2.75 bits per heavy atom. The predicted molar refractivity (Wildman–Crippen MR) is 92.8 cm³/mol. The van der Waals surface area contributed by atoms with Crippen molar-refractivity contribution in [2.45, 2.75) is 6.92 Å². The lowest BCUT2D eigenvalue weighted by Gasteiger charge is -2.06. The van der Waals surface area contributed by atoms with Gasteiger partial charge < -0.3 is 15.2 Å². The van der Waals surface area contributed by atoms with E-state index in [0.717, 1.165) is 11.3 Å². The second kappa shape index (κ2) is 7.48. The van der Waals surface area contributed by atoms with Crippen LogP contribution in [0.2, 0.25) is 0 Å². The van der Waals surface area contributed by atoms with Crippen LogP contribution in [-0.4, -0.2) is 26.3 Å². The summed E-state index contributed by atoms with van der Waals surface area (Å²) in [6.45, 7) is 1.68. The Balaban J connectivity index is 2.15. The molecule has 124 valence electrons. The number of hydrogen-bond acceptors (Lipinski definition) is 7. The molecule has 2 rings (SSSR count). The van der Waals surface area contributed by atoms with Crippen molar-refractivity contribution in [1.82, 2.24) is 5.43 Å². The van der Waals surface area contributed by atoms with E-state index in [2.05, 4.69) is 10.5 Å². The van der Waals surface area contributed by atoms with Gasteiger partial charge in [0.05, 0.1) is 26.0 Å². The molecule has 0 unspecified atom stereocenters. The SMILES string of the molecule is COc1ccc(C=NNC(=O)c2sc(N)c(C#N)c2C)c(OC)c1. The van der Waals surface area contributed by atoms with Gasteiger partial charge in [0, 0.05) is 11.6 Å². The van der Waals surface area contributed by atoms with E-state index in [1.165, 1.54) is 13.3 Å². The van der Waals surface area contributed by atoms with Gasteiger partial charge in [-0.3, -0.25) is 4.79 Å². The van der Waals surface area contributed by atoms with Gasteiger partial charge in [0.2, 0.25) is 0 Å². The average Bonchev–Trinajstić information content (AvgIpc) is 2.88. The maximum Gasteiger partial charge on any atom is 0.281 e. The van der Waals surface area contributed by atoms with Gasteiger partial charge in [0.25, 0.3) is 5.91 Å². The molecule has 0 aliphatic carbocycles. The minimum Gasteiger partial charge on any atom is -0.497 e. The number of anilines is 1. The average molecular weight is 344 g/mol. The van der Waals surface area contributed by atoms with Crippen molar-refractivity contribution in [2.75, 3.05) is 20.0 Å². The number of hydrogen-bond donors (Lipinski definition) is 2. The van der Waals surface area contributed by atoms with Gasteiger partial charge in [-0.2, -0.15) is 10.4 Å². The lowest BCUT2D eigenvalue weighted by molar-refractivity contribution is 0.0958. The summed E-state index contributed by atoms with van der Waals surface area (Å²) < 4.78 is 10.4. The standard InChI is InChI=1S/C16H16N4O3S/c1-9-12(7-17)15(18)24-14(9)16(21)20-19-8-10-4-5-11(22-2)6-13(10)23-3/h4-6,8H,18H2,1-3H3,(H,20,21). The number of rotatable bonds is 5. The molecule has 2 aromatic rings. The molecule has 7 nitrogen and oxygen atoms in total. The second-order valence-electron chi connectivity index (χ2n) is 4.71. The molecule has 0 aliphatic heterocycles. The summed E-state index contributed by atoms with van der Waals surface area (Å²) in [6.07, 6.45) is 1.47. The molecule has 24 heavy (non-hydrogen) atoms. The van der Waals surface area contributed by atoms with Gasteiger partial charge >= 0.3 is 0 Å². The van der Waals surface area contributed by atoms with E-state index in [9.17, 15) is 4.79 Å². The highest BCUT2D eigenvalue weighted by molar-refractivity contribution is 7.18. The van der Waals surface area contributed by atoms with Crippen molar-refractivity contribution >= 4 is 28.5 Å². The van der Waals surface area contributed by atoms with Crippen molar-refractivity contribution in [1.29, 1.82) is 5.26 Å². The zero-order valence-electron chi connectivity index (χ0n) is 13.4. The number of nitrogens with one attached hydrogen (secondary N) is 1. The topological polar surface area (TPSA) is 110 Å². The third-order valence-corrected chi connectivity index (χ3v) is 4.42. The summed E-state index contributed by atoms with van der Waals surface area (Å²) in [5.74, 6) is 0.798. The molecule has 0 bridgehead atoms. The van der Waals surface area contributed by atoms with Crippen LogP contribution in [0.15, 0.2) is 23.3 Å². The van der Waals surface area contributed by atoms with Crippen molar-refractivity contribution in [3.05, 3.63) is 39.8 Å². The van der Waals surface area contributed by atoms with Crippen molar-refractivity contribution < 1.29 is 14.3 Å². The summed E-state index contributed by atoms with van der Waals surface area (Å²) >= 11 is 1.06. The summed E-state index contributed by atoms with van der Waals surface area (Å²) in [4.78, 5) is 12.5. The monoisotopic (exact) mass is 344 g/mol. The summed E-state index contributed by atoms with van der Waals surface area (Å²) in [7, 11) is 3.10. The number of hydrazone groups is 1. The number of amides is 1. The molecule has 1 amide bonds. The number of nitriles is 1. The highest BCUT2D eigenvalue weighted by Gasteiger charge is 2.18. The van der Waals surface area contributed by atoms with Gasteiger partial charge in [-0.05, 0) is 24.6 Å². The van der Waals surface area contributed by atoms with Crippen LogP contribution < -0.4 is 20.6 Å². The molecular weight excluding hydrogens is 328 g/mol. The maximum absolute atomic E-state index is 12.2. The van der Waals surface area contributed by atoms with Gasteiger partial charge in [-0.25, -0.2) is 5.43 Å². The highest BCUT2D eigenvalue weighted by atomic mass is 32.1. The smallest absolute Gasteiger partial charge is 0.281 e. The van der Waals surface area contributed by atoms with Crippen molar-refractivity contribution in [3.8, 4) is 17.6 Å². The Morgan fingerprint density at radius 1 is 1.42 bits per heavy atom. The minimum absolute atomic E-state index is 0.320. The Kier molecular flexibility index (Phi) is 5.39. The number of ether oxygens (including phenoxy) is 2. The normalized spacial score (nSPS) is 10.4. The van der Waals surface area contributed by atoms with Crippen LogP contribution in [0.1, 0.15) is 26.4 Å². The Labute approximate surface area is 143 Å². The fourth-order valence-electron chi connectivity index (χ4n) is 2.03. The molecule has 0 saturated heterocycles. The lowest BCUT2D eigenvalue weighted by atomic mass is 10.2. The highest BCUT2D eigenvalue weighted by Crippen LogP contribution is 2.29. The number of benzene rings is 1. The van der Waals surface area contributed by atoms with Crippen molar-refractivity contribution in [3.63, 3.8) is 0 Å². The number of nitrogen functional groups attached to an aromatic ring is 1. The largest absolute Gasteiger partial charge is 0.497 e. The van der Waals surface area contributed by atoms with Crippen LogP contribution in [-0.2, 0) is 0 Å². The molecule has 1 heterocycles. The number of carbonyl (C=O) groups excluding carboxylic acids is 1. The van der Waals surface area contributed by atoms with Gasteiger partial charge in [-0.1, -0.05) is 0 Å². The van der Waals surface area contributed by atoms with Crippen LogP contribution in [0.25, 0.3) is 0 Å². The van der Waals surface area contributed by atoms with Crippen LogP contribution >= 0.6 is 11.3 Å². The van der Waals surface area contributed by atoms with Crippen LogP contribution in [0.4, 0.5) is 5.00 Å². The first-order valence-corrected chi connectivity index (χ1v) is 7.67. The second-order valence-corrected chi connectivity index (χ2v) is 5.77. The number of nitrogens with zero attached hydrogens (tertiary/aromatic N) is 2. The van der Waals surface area contributed by atoms with Gasteiger partial charge in [0.15, 0.2) is 0 Å². The first-order valence-electron chi connectivity index (χ1n) is 6.86.